The number of hydrogen-bond acceptors (Lipinski definition) is 2. The Morgan fingerprint density at radius 3 is 2.30 bits per heavy atom. The van der Waals surface area contributed by atoms with Gasteiger partial charge in [0.05, 0.1) is 11.0 Å². The van der Waals surface area contributed by atoms with E-state index in [9.17, 15) is 0 Å². The van der Waals surface area contributed by atoms with Crippen molar-refractivity contribution >= 4 is 62.7 Å². The molecule has 0 unspecified atom stereocenters. The van der Waals surface area contributed by atoms with E-state index in [0.29, 0.717) is 0 Å². The van der Waals surface area contributed by atoms with E-state index < -0.39 is 0 Å². The number of aryl methyl sites for hydroxylation is 1. The van der Waals surface area contributed by atoms with Crippen LogP contribution in [0.2, 0.25) is 0 Å². The fraction of sp³-hybridized carbons (Fsp3) is 0.100. The number of anilines is 2. The molecule has 208 valence electrons. The summed E-state index contributed by atoms with van der Waals surface area (Å²) < 4.78 is 2.54. The summed E-state index contributed by atoms with van der Waals surface area (Å²) in [6, 6.07) is 45.7. The van der Waals surface area contributed by atoms with E-state index in [2.05, 4.69) is 151 Å². The molecule has 3 aliphatic heterocycles. The van der Waals surface area contributed by atoms with E-state index in [-0.39, 0.29) is 12.3 Å². The normalized spacial score (nSPS) is 15.2. The zero-order chi connectivity index (χ0) is 29.3. The Hall–Kier alpha value is -4.67. The highest BCUT2D eigenvalue weighted by atomic mass is 32.2. The summed E-state index contributed by atoms with van der Waals surface area (Å²) in [5.41, 5.74) is 15.8. The number of benzene rings is 6. The smallest absolute Gasteiger partial charge is 0.333 e. The summed E-state index contributed by atoms with van der Waals surface area (Å²) in [7, 11) is 0. The van der Waals surface area contributed by atoms with Gasteiger partial charge in [-0.25, -0.2) is 0 Å². The molecule has 0 spiro atoms. The number of rotatable bonds is 1. The van der Waals surface area contributed by atoms with Crippen LogP contribution in [0.3, 0.4) is 0 Å². The monoisotopic (exact) mass is 580 g/mol. The molecule has 0 amide bonds. The average molecular weight is 581 g/mol. The van der Waals surface area contributed by atoms with Gasteiger partial charge in [-0.05, 0) is 82.6 Å². The van der Waals surface area contributed by atoms with Crippen LogP contribution < -0.4 is 15.7 Å². The SMILES string of the molecule is Cc1cc2c3c(c1)-n1c4ccccc4c4cccc(c41)B3N(c1ccccc1)c1cc3c(cc1-2)Sc1ccccc1C3(C)C. The second-order valence-electron chi connectivity index (χ2n) is 13.0. The first-order valence-electron chi connectivity index (χ1n) is 15.5. The Kier molecular flexibility index (Phi) is 4.77. The van der Waals surface area contributed by atoms with Crippen LogP contribution in [0.4, 0.5) is 11.4 Å². The van der Waals surface area contributed by atoms with Gasteiger partial charge in [-0.1, -0.05) is 104 Å². The maximum atomic E-state index is 2.63. The van der Waals surface area contributed by atoms with Crippen molar-refractivity contribution in [2.24, 2.45) is 0 Å². The first-order chi connectivity index (χ1) is 21.5. The third-order valence-electron chi connectivity index (χ3n) is 10.2. The fourth-order valence-electron chi connectivity index (χ4n) is 8.32. The summed E-state index contributed by atoms with van der Waals surface area (Å²) in [6.07, 6.45) is 0. The van der Waals surface area contributed by atoms with E-state index in [4.69, 9.17) is 0 Å². The molecule has 0 aliphatic carbocycles. The van der Waals surface area contributed by atoms with Gasteiger partial charge in [0.15, 0.2) is 0 Å². The molecule has 0 saturated heterocycles. The minimum absolute atomic E-state index is 0.0562. The van der Waals surface area contributed by atoms with Crippen molar-refractivity contribution < 1.29 is 0 Å². The van der Waals surface area contributed by atoms with Crippen LogP contribution >= 0.6 is 11.8 Å². The van der Waals surface area contributed by atoms with Gasteiger partial charge in [0.2, 0.25) is 0 Å². The Morgan fingerprint density at radius 1 is 0.636 bits per heavy atom. The number of nitrogens with zero attached hydrogens (tertiary/aromatic N) is 2. The molecular weight excluding hydrogens is 551 g/mol. The summed E-state index contributed by atoms with van der Waals surface area (Å²) in [4.78, 5) is 5.35. The molecule has 6 aromatic carbocycles. The molecule has 0 atom stereocenters. The number of hydrogen-bond donors (Lipinski definition) is 0. The highest BCUT2D eigenvalue weighted by Gasteiger charge is 2.45. The number of aromatic nitrogens is 1. The predicted octanol–water partition coefficient (Wildman–Crippen LogP) is 9.12. The lowest BCUT2D eigenvalue weighted by Crippen LogP contribution is -2.60. The summed E-state index contributed by atoms with van der Waals surface area (Å²) in [6.45, 7) is 7.09. The van der Waals surface area contributed by atoms with Crippen molar-refractivity contribution in [1.82, 2.24) is 4.57 Å². The zero-order valence-corrected chi connectivity index (χ0v) is 25.7. The molecule has 0 fully saturated rings. The minimum atomic E-state index is -0.106. The van der Waals surface area contributed by atoms with Crippen molar-refractivity contribution in [1.29, 1.82) is 0 Å². The molecule has 3 aliphatic rings. The summed E-state index contributed by atoms with van der Waals surface area (Å²) >= 11 is 1.92. The molecule has 4 heterocycles. The first-order valence-corrected chi connectivity index (χ1v) is 16.3. The van der Waals surface area contributed by atoms with E-state index in [1.165, 1.54) is 87.4 Å². The van der Waals surface area contributed by atoms with Crippen molar-refractivity contribution in [3.63, 3.8) is 0 Å². The Bertz CT molecular complexity index is 2370. The van der Waals surface area contributed by atoms with Crippen molar-refractivity contribution in [2.75, 3.05) is 4.81 Å². The molecule has 0 radical (unpaired) electrons. The molecule has 0 bridgehead atoms. The van der Waals surface area contributed by atoms with Crippen LogP contribution in [0.25, 0.3) is 38.6 Å². The Morgan fingerprint density at radius 2 is 1.41 bits per heavy atom. The first kappa shape index (κ1) is 24.7. The van der Waals surface area contributed by atoms with Gasteiger partial charge >= 0.3 is 6.85 Å². The quantitative estimate of drug-likeness (QED) is 0.179. The van der Waals surface area contributed by atoms with Crippen LogP contribution in [0.15, 0.2) is 131 Å². The second kappa shape index (κ2) is 8.49. The second-order valence-corrected chi connectivity index (χ2v) is 14.1. The lowest BCUT2D eigenvalue weighted by atomic mass is 9.44. The Balaban J connectivity index is 1.36. The van der Waals surface area contributed by atoms with Crippen LogP contribution in [0, 0.1) is 6.92 Å². The maximum Gasteiger partial charge on any atom is 0.333 e. The van der Waals surface area contributed by atoms with E-state index in [1.54, 1.807) is 0 Å². The third kappa shape index (κ3) is 3.04. The van der Waals surface area contributed by atoms with Gasteiger partial charge in [-0.3, -0.25) is 0 Å². The summed E-state index contributed by atoms with van der Waals surface area (Å²) in [5, 5.41) is 2.64. The highest BCUT2D eigenvalue weighted by Crippen LogP contribution is 2.54. The molecule has 2 nitrogen and oxygen atoms in total. The maximum absolute atomic E-state index is 2.63. The largest absolute Gasteiger partial charge is 0.376 e. The molecule has 7 aromatic rings. The standard InChI is InChI=1S/C40H29BN2S/c1-24-20-29-28-22-37-31(40(2,3)30-16-8-10-19-36(30)44-37)23-34(28)43(25-12-5-4-6-13-25)41-32-17-11-15-27-26-14-7-9-18-33(26)42(39(27)32)35(21-24)38(29)41/h4-23H,1-3H3. The van der Waals surface area contributed by atoms with Crippen molar-refractivity contribution in [2.45, 2.75) is 36.0 Å². The van der Waals surface area contributed by atoms with Gasteiger partial charge in [-0.15, -0.1) is 0 Å². The zero-order valence-electron chi connectivity index (χ0n) is 24.9. The van der Waals surface area contributed by atoms with Gasteiger partial charge in [-0.2, -0.15) is 0 Å². The summed E-state index contributed by atoms with van der Waals surface area (Å²) in [5.74, 6) is 0. The van der Waals surface area contributed by atoms with E-state index >= 15 is 0 Å². The predicted molar refractivity (Wildman–Crippen MR) is 187 cm³/mol. The van der Waals surface area contributed by atoms with E-state index in [1.807, 2.05) is 11.8 Å². The molecule has 1 aromatic heterocycles. The minimum Gasteiger partial charge on any atom is -0.376 e. The lowest BCUT2D eigenvalue weighted by molar-refractivity contribution is 0.607. The molecule has 0 saturated carbocycles. The van der Waals surface area contributed by atoms with Crippen LogP contribution in [0.1, 0.15) is 30.5 Å². The van der Waals surface area contributed by atoms with Crippen molar-refractivity contribution in [3.05, 3.63) is 138 Å². The van der Waals surface area contributed by atoms with E-state index in [0.717, 1.165) is 0 Å². The van der Waals surface area contributed by atoms with Gasteiger partial charge < -0.3 is 9.38 Å². The van der Waals surface area contributed by atoms with Gasteiger partial charge in [0, 0.05) is 48.6 Å². The molecule has 44 heavy (non-hydrogen) atoms. The highest BCUT2D eigenvalue weighted by molar-refractivity contribution is 7.99. The van der Waals surface area contributed by atoms with Gasteiger partial charge in [0.25, 0.3) is 0 Å². The van der Waals surface area contributed by atoms with Crippen LogP contribution in [0.5, 0.6) is 0 Å². The van der Waals surface area contributed by atoms with Crippen LogP contribution in [-0.2, 0) is 5.41 Å². The lowest BCUT2D eigenvalue weighted by Gasteiger charge is -2.44. The average Bonchev–Trinajstić information content (AvgIpc) is 3.38. The third-order valence-corrected chi connectivity index (χ3v) is 11.4. The molecule has 10 rings (SSSR count). The molecular formula is C40H29BN2S. The van der Waals surface area contributed by atoms with Gasteiger partial charge in [0.1, 0.15) is 0 Å². The number of fused-ring (bicyclic) bond motifs is 9. The fourth-order valence-corrected chi connectivity index (χ4v) is 9.74. The number of para-hydroxylation sites is 3. The van der Waals surface area contributed by atoms with Crippen LogP contribution in [-0.4, -0.2) is 11.4 Å². The molecule has 0 N–H and O–H groups in total. The molecule has 4 heteroatoms. The Labute approximate surface area is 262 Å². The van der Waals surface area contributed by atoms with Crippen molar-refractivity contribution in [3.8, 4) is 16.8 Å². The topological polar surface area (TPSA) is 8.17 Å².